The largest absolute Gasteiger partial charge is 0.388 e. The quantitative estimate of drug-likeness (QED) is 0.848. The molecule has 1 unspecified atom stereocenters. The molecule has 1 rings (SSSR count). The SMILES string of the molecule is CCC(C)(O)CNc1cc(Cl)ccc1C#N. The Kier molecular flexibility index (Phi) is 4.17. The molecule has 0 saturated carbocycles. The van der Waals surface area contributed by atoms with Crippen LogP contribution in [0.2, 0.25) is 5.02 Å². The molecule has 16 heavy (non-hydrogen) atoms. The highest BCUT2D eigenvalue weighted by Gasteiger charge is 2.17. The zero-order valence-electron chi connectivity index (χ0n) is 9.42. The molecule has 0 fully saturated rings. The van der Waals surface area contributed by atoms with Gasteiger partial charge in [0.15, 0.2) is 0 Å². The summed E-state index contributed by atoms with van der Waals surface area (Å²) >= 11 is 5.85. The zero-order valence-corrected chi connectivity index (χ0v) is 10.2. The van der Waals surface area contributed by atoms with Crippen LogP contribution in [0.3, 0.4) is 0 Å². The maximum absolute atomic E-state index is 9.84. The smallest absolute Gasteiger partial charge is 0.101 e. The standard InChI is InChI=1S/C12H15ClN2O/c1-3-12(2,16)8-15-11-6-10(13)5-4-9(11)7-14/h4-6,15-16H,3,8H2,1-2H3. The van der Waals surface area contributed by atoms with E-state index in [1.807, 2.05) is 6.92 Å². The van der Waals surface area contributed by atoms with Crippen LogP contribution in [0.5, 0.6) is 0 Å². The number of benzene rings is 1. The lowest BCUT2D eigenvalue weighted by Crippen LogP contribution is -2.32. The van der Waals surface area contributed by atoms with Gasteiger partial charge in [0.2, 0.25) is 0 Å². The number of nitrogens with zero attached hydrogens (tertiary/aromatic N) is 1. The lowest BCUT2D eigenvalue weighted by molar-refractivity contribution is 0.0697. The van der Waals surface area contributed by atoms with Crippen molar-refractivity contribution in [2.75, 3.05) is 11.9 Å². The van der Waals surface area contributed by atoms with Gasteiger partial charge in [-0.2, -0.15) is 5.26 Å². The Bertz CT molecular complexity index is 410. The number of hydrogen-bond donors (Lipinski definition) is 2. The molecule has 0 aliphatic rings. The molecule has 0 radical (unpaired) electrons. The molecule has 0 heterocycles. The van der Waals surface area contributed by atoms with Crippen molar-refractivity contribution in [3.63, 3.8) is 0 Å². The monoisotopic (exact) mass is 238 g/mol. The summed E-state index contributed by atoms with van der Waals surface area (Å²) in [5.41, 5.74) is 0.398. The van der Waals surface area contributed by atoms with Crippen LogP contribution in [0.1, 0.15) is 25.8 Å². The molecule has 0 amide bonds. The summed E-state index contributed by atoms with van der Waals surface area (Å²) in [5.74, 6) is 0. The highest BCUT2D eigenvalue weighted by atomic mass is 35.5. The van der Waals surface area contributed by atoms with E-state index in [2.05, 4.69) is 11.4 Å². The minimum Gasteiger partial charge on any atom is -0.388 e. The van der Waals surface area contributed by atoms with Crippen LogP contribution in [0.15, 0.2) is 18.2 Å². The summed E-state index contributed by atoms with van der Waals surface area (Å²) in [5, 5.41) is 22.3. The molecule has 0 aliphatic heterocycles. The number of halogens is 1. The number of anilines is 1. The highest BCUT2D eigenvalue weighted by molar-refractivity contribution is 6.30. The lowest BCUT2D eigenvalue weighted by Gasteiger charge is -2.22. The summed E-state index contributed by atoms with van der Waals surface area (Å²) in [4.78, 5) is 0. The van der Waals surface area contributed by atoms with Gasteiger partial charge in [-0.3, -0.25) is 0 Å². The molecule has 0 bridgehead atoms. The molecular weight excluding hydrogens is 224 g/mol. The van der Waals surface area contributed by atoms with Gasteiger partial charge in [-0.1, -0.05) is 18.5 Å². The predicted molar refractivity (Wildman–Crippen MR) is 65.6 cm³/mol. The molecule has 0 saturated heterocycles. The Balaban J connectivity index is 2.81. The van der Waals surface area contributed by atoms with E-state index >= 15 is 0 Å². The fraction of sp³-hybridized carbons (Fsp3) is 0.417. The third kappa shape index (κ3) is 3.41. The first kappa shape index (κ1) is 12.8. The second-order valence-corrected chi connectivity index (χ2v) is 4.44. The summed E-state index contributed by atoms with van der Waals surface area (Å²) in [6.45, 7) is 4.04. The predicted octanol–water partition coefficient (Wildman–Crippen LogP) is 2.78. The van der Waals surface area contributed by atoms with Crippen LogP contribution in [0, 0.1) is 11.3 Å². The average molecular weight is 239 g/mol. The average Bonchev–Trinajstić information content (AvgIpc) is 2.27. The maximum atomic E-state index is 9.84. The van der Waals surface area contributed by atoms with Gasteiger partial charge in [-0.05, 0) is 31.5 Å². The van der Waals surface area contributed by atoms with Crippen molar-refractivity contribution >= 4 is 17.3 Å². The van der Waals surface area contributed by atoms with Gasteiger partial charge in [-0.15, -0.1) is 0 Å². The fourth-order valence-electron chi connectivity index (χ4n) is 1.17. The molecule has 0 aromatic heterocycles. The summed E-state index contributed by atoms with van der Waals surface area (Å²) in [6.07, 6.45) is 0.641. The molecule has 0 aliphatic carbocycles. The zero-order chi connectivity index (χ0) is 12.2. The van der Waals surface area contributed by atoms with Gasteiger partial charge in [0, 0.05) is 11.6 Å². The van der Waals surface area contributed by atoms with Gasteiger partial charge in [0.25, 0.3) is 0 Å². The first-order valence-corrected chi connectivity index (χ1v) is 5.52. The molecule has 86 valence electrons. The van der Waals surface area contributed by atoms with Crippen LogP contribution < -0.4 is 5.32 Å². The summed E-state index contributed by atoms with van der Waals surface area (Å²) < 4.78 is 0. The number of aliphatic hydroxyl groups is 1. The fourth-order valence-corrected chi connectivity index (χ4v) is 1.34. The second-order valence-electron chi connectivity index (χ2n) is 4.01. The number of nitrogens with one attached hydrogen (secondary N) is 1. The second kappa shape index (κ2) is 5.20. The molecule has 1 aromatic rings. The van der Waals surface area contributed by atoms with Gasteiger partial charge in [-0.25, -0.2) is 0 Å². The topological polar surface area (TPSA) is 56.0 Å². The number of nitriles is 1. The van der Waals surface area contributed by atoms with Gasteiger partial charge < -0.3 is 10.4 Å². The van der Waals surface area contributed by atoms with Crippen molar-refractivity contribution in [3.05, 3.63) is 28.8 Å². The van der Waals surface area contributed by atoms with Crippen LogP contribution in [0.4, 0.5) is 5.69 Å². The molecule has 1 atom stereocenters. The third-order valence-corrected chi connectivity index (χ3v) is 2.76. The molecule has 3 nitrogen and oxygen atoms in total. The van der Waals surface area contributed by atoms with E-state index in [1.165, 1.54) is 0 Å². The molecule has 0 spiro atoms. The molecular formula is C12H15ClN2O. The Hall–Kier alpha value is -1.24. The summed E-state index contributed by atoms with van der Waals surface area (Å²) in [7, 11) is 0. The first-order valence-electron chi connectivity index (χ1n) is 5.14. The van der Waals surface area contributed by atoms with E-state index in [0.717, 1.165) is 0 Å². The maximum Gasteiger partial charge on any atom is 0.101 e. The van der Waals surface area contributed by atoms with Gasteiger partial charge in [0.1, 0.15) is 6.07 Å². The Labute approximate surface area is 101 Å². The van der Waals surface area contributed by atoms with E-state index < -0.39 is 5.60 Å². The Morgan fingerprint density at radius 1 is 1.56 bits per heavy atom. The van der Waals surface area contributed by atoms with Crippen LogP contribution in [-0.2, 0) is 0 Å². The Morgan fingerprint density at radius 2 is 2.25 bits per heavy atom. The van der Waals surface area contributed by atoms with Crippen molar-refractivity contribution < 1.29 is 5.11 Å². The minimum atomic E-state index is -0.783. The van der Waals surface area contributed by atoms with E-state index in [9.17, 15) is 5.11 Å². The van der Waals surface area contributed by atoms with E-state index in [4.69, 9.17) is 16.9 Å². The normalized spacial score (nSPS) is 13.9. The highest BCUT2D eigenvalue weighted by Crippen LogP contribution is 2.21. The van der Waals surface area contributed by atoms with Crippen molar-refractivity contribution in [2.24, 2.45) is 0 Å². The van der Waals surface area contributed by atoms with Crippen molar-refractivity contribution in [2.45, 2.75) is 25.9 Å². The van der Waals surface area contributed by atoms with E-state index in [0.29, 0.717) is 29.2 Å². The van der Waals surface area contributed by atoms with Crippen LogP contribution >= 0.6 is 11.6 Å². The van der Waals surface area contributed by atoms with E-state index in [-0.39, 0.29) is 0 Å². The number of rotatable bonds is 4. The van der Waals surface area contributed by atoms with Crippen LogP contribution in [-0.4, -0.2) is 17.3 Å². The summed E-state index contributed by atoms with van der Waals surface area (Å²) in [6, 6.07) is 7.09. The van der Waals surface area contributed by atoms with Gasteiger partial charge >= 0.3 is 0 Å². The molecule has 1 aromatic carbocycles. The number of hydrogen-bond acceptors (Lipinski definition) is 3. The van der Waals surface area contributed by atoms with Crippen molar-refractivity contribution in [1.29, 1.82) is 5.26 Å². The molecule has 2 N–H and O–H groups in total. The Morgan fingerprint density at radius 3 is 2.81 bits per heavy atom. The minimum absolute atomic E-state index is 0.387. The van der Waals surface area contributed by atoms with Crippen LogP contribution in [0.25, 0.3) is 0 Å². The lowest BCUT2D eigenvalue weighted by atomic mass is 10.0. The first-order chi connectivity index (χ1) is 7.48. The molecule has 4 heteroatoms. The van der Waals surface area contributed by atoms with Crippen molar-refractivity contribution in [1.82, 2.24) is 0 Å². The van der Waals surface area contributed by atoms with Crippen molar-refractivity contribution in [3.8, 4) is 6.07 Å². The van der Waals surface area contributed by atoms with E-state index in [1.54, 1.807) is 25.1 Å². The third-order valence-electron chi connectivity index (χ3n) is 2.52. The van der Waals surface area contributed by atoms with Gasteiger partial charge in [0.05, 0.1) is 16.9 Å².